The first-order valence-electron chi connectivity index (χ1n) is 12.0. The van der Waals surface area contributed by atoms with Crippen molar-refractivity contribution in [2.75, 3.05) is 59.0 Å². The van der Waals surface area contributed by atoms with Gasteiger partial charge in [-0.05, 0) is 18.1 Å². The van der Waals surface area contributed by atoms with Crippen LogP contribution in [0.25, 0.3) is 0 Å². The number of benzene rings is 2. The number of nitrogens with zero attached hydrogens (tertiary/aromatic N) is 4. The number of piperazine rings is 1. The number of urea groups is 1. The monoisotopic (exact) mass is 466 g/mol. The van der Waals surface area contributed by atoms with E-state index < -0.39 is 11.6 Å². The van der Waals surface area contributed by atoms with Gasteiger partial charge < -0.3 is 10.2 Å². The zero-order valence-corrected chi connectivity index (χ0v) is 19.7. The molecule has 1 atom stereocenters. The van der Waals surface area contributed by atoms with Crippen LogP contribution in [0, 0.1) is 0 Å². The van der Waals surface area contributed by atoms with Gasteiger partial charge in [0, 0.05) is 45.8 Å². The highest BCUT2D eigenvalue weighted by molar-refractivity contribution is 6.09. The standard InChI is InChI=1S/C26H34N4O4/c1-2-29-24(33)26(21-9-5-3-6-10-21,22-11-7-4-8-12-22)30(25(29)34)20-23(32)19-28-15-13-27(14-16-28)17-18-31/h3-12,23,31-32H,2,13-20H2,1H3/t23-/m0/s1. The average Bonchev–Trinajstić information content (AvgIpc) is 3.07. The summed E-state index contributed by atoms with van der Waals surface area (Å²) in [5, 5.41) is 20.3. The molecule has 0 radical (unpaired) electrons. The lowest BCUT2D eigenvalue weighted by atomic mass is 9.81. The molecule has 8 heteroatoms. The number of carbonyl (C=O) groups excluding carboxylic acids is 2. The quantitative estimate of drug-likeness (QED) is 0.540. The number of rotatable bonds is 9. The summed E-state index contributed by atoms with van der Waals surface area (Å²) in [5.74, 6) is -0.290. The molecule has 2 saturated heterocycles. The maximum absolute atomic E-state index is 13.9. The highest BCUT2D eigenvalue weighted by Gasteiger charge is 2.59. The maximum Gasteiger partial charge on any atom is 0.328 e. The molecule has 4 rings (SSSR count). The Labute approximate surface area is 201 Å². The van der Waals surface area contributed by atoms with Gasteiger partial charge in [0.1, 0.15) is 0 Å². The van der Waals surface area contributed by atoms with E-state index in [1.807, 2.05) is 60.7 Å². The van der Waals surface area contributed by atoms with E-state index in [4.69, 9.17) is 5.11 Å². The van der Waals surface area contributed by atoms with E-state index in [1.165, 1.54) is 4.90 Å². The minimum atomic E-state index is -1.32. The summed E-state index contributed by atoms with van der Waals surface area (Å²) in [4.78, 5) is 34.6. The first-order chi connectivity index (χ1) is 16.5. The summed E-state index contributed by atoms with van der Waals surface area (Å²) < 4.78 is 0. The Morgan fingerprint density at radius 1 is 0.853 bits per heavy atom. The number of aliphatic hydroxyl groups is 2. The van der Waals surface area contributed by atoms with Crippen LogP contribution >= 0.6 is 0 Å². The van der Waals surface area contributed by atoms with E-state index in [2.05, 4.69) is 9.80 Å². The third-order valence-electron chi connectivity index (χ3n) is 6.86. The van der Waals surface area contributed by atoms with Crippen molar-refractivity contribution in [2.45, 2.75) is 18.6 Å². The van der Waals surface area contributed by atoms with Gasteiger partial charge in [-0.1, -0.05) is 60.7 Å². The Hall–Kier alpha value is -2.78. The number of likely N-dealkylation sites (N-methyl/N-ethyl adjacent to an activating group) is 1. The minimum absolute atomic E-state index is 0.0434. The first kappa shape index (κ1) is 24.3. The van der Waals surface area contributed by atoms with Crippen LogP contribution in [0.15, 0.2) is 60.7 Å². The van der Waals surface area contributed by atoms with Crippen LogP contribution in [0.5, 0.6) is 0 Å². The lowest BCUT2D eigenvalue weighted by Crippen LogP contribution is -2.54. The van der Waals surface area contributed by atoms with E-state index in [1.54, 1.807) is 11.8 Å². The molecule has 0 saturated carbocycles. The van der Waals surface area contributed by atoms with Crippen molar-refractivity contribution in [1.82, 2.24) is 19.6 Å². The lowest BCUT2D eigenvalue weighted by Gasteiger charge is -2.39. The van der Waals surface area contributed by atoms with Crippen LogP contribution in [0.3, 0.4) is 0 Å². The topological polar surface area (TPSA) is 87.6 Å². The normalized spacial score (nSPS) is 20.2. The first-order valence-corrected chi connectivity index (χ1v) is 12.0. The molecule has 2 N–H and O–H groups in total. The molecule has 0 aliphatic carbocycles. The van der Waals surface area contributed by atoms with Gasteiger partial charge in [0.25, 0.3) is 5.91 Å². The van der Waals surface area contributed by atoms with Gasteiger partial charge in [0.05, 0.1) is 19.3 Å². The number of imide groups is 1. The summed E-state index contributed by atoms with van der Waals surface area (Å²) in [6, 6.07) is 18.3. The van der Waals surface area contributed by atoms with E-state index in [9.17, 15) is 14.7 Å². The second-order valence-electron chi connectivity index (χ2n) is 8.90. The fourth-order valence-corrected chi connectivity index (χ4v) is 5.17. The molecule has 182 valence electrons. The predicted octanol–water partition coefficient (Wildman–Crippen LogP) is 1.19. The van der Waals surface area contributed by atoms with Gasteiger partial charge in [-0.25, -0.2) is 4.79 Å². The molecule has 2 fully saturated rings. The minimum Gasteiger partial charge on any atom is -0.395 e. The molecule has 0 unspecified atom stereocenters. The van der Waals surface area contributed by atoms with E-state index >= 15 is 0 Å². The van der Waals surface area contributed by atoms with Gasteiger partial charge in [0.2, 0.25) is 0 Å². The number of hydrogen-bond donors (Lipinski definition) is 2. The fraction of sp³-hybridized carbons (Fsp3) is 0.462. The Bertz CT molecular complexity index is 924. The van der Waals surface area contributed by atoms with Crippen molar-refractivity contribution < 1.29 is 19.8 Å². The highest BCUT2D eigenvalue weighted by Crippen LogP contribution is 2.43. The predicted molar refractivity (Wildman–Crippen MR) is 129 cm³/mol. The van der Waals surface area contributed by atoms with E-state index in [0.29, 0.717) is 24.2 Å². The molecular weight excluding hydrogens is 432 g/mol. The van der Waals surface area contributed by atoms with Crippen LogP contribution in [-0.2, 0) is 10.3 Å². The molecule has 0 bridgehead atoms. The van der Waals surface area contributed by atoms with Crippen molar-refractivity contribution >= 4 is 11.9 Å². The molecule has 2 aromatic rings. The molecule has 2 aromatic carbocycles. The SMILES string of the molecule is CCN1C(=O)N(C[C@@H](O)CN2CCN(CCO)CC2)C(c2ccccc2)(c2ccccc2)C1=O. The third-order valence-corrected chi connectivity index (χ3v) is 6.86. The number of carbonyl (C=O) groups is 2. The van der Waals surface area contributed by atoms with Crippen LogP contribution in [-0.4, -0.2) is 107 Å². The van der Waals surface area contributed by atoms with Gasteiger partial charge in [-0.3, -0.25) is 24.4 Å². The molecule has 2 aliphatic rings. The number of aliphatic hydroxyl groups excluding tert-OH is 2. The summed E-state index contributed by atoms with van der Waals surface area (Å²) in [5.41, 5.74) is 0.0943. The molecule has 34 heavy (non-hydrogen) atoms. The Kier molecular flexibility index (Phi) is 7.63. The molecule has 0 aromatic heterocycles. The molecule has 3 amide bonds. The van der Waals surface area contributed by atoms with Crippen LogP contribution in [0.4, 0.5) is 4.79 Å². The zero-order chi connectivity index (χ0) is 24.1. The van der Waals surface area contributed by atoms with Crippen molar-refractivity contribution in [2.24, 2.45) is 0 Å². The van der Waals surface area contributed by atoms with Gasteiger partial charge in [-0.2, -0.15) is 0 Å². The molecule has 2 heterocycles. The van der Waals surface area contributed by atoms with E-state index in [-0.39, 0.29) is 31.6 Å². The Balaban J connectivity index is 1.64. The Morgan fingerprint density at radius 3 is 1.88 bits per heavy atom. The second-order valence-corrected chi connectivity index (χ2v) is 8.90. The van der Waals surface area contributed by atoms with Crippen LogP contribution in [0.1, 0.15) is 18.1 Å². The number of β-amino-alcohol motifs (C(OH)–C–C–N with tert-alkyl or cyclic N) is 2. The average molecular weight is 467 g/mol. The summed E-state index contributed by atoms with van der Waals surface area (Å²) in [7, 11) is 0. The van der Waals surface area contributed by atoms with Gasteiger partial charge in [-0.15, -0.1) is 0 Å². The molecule has 0 spiro atoms. The van der Waals surface area contributed by atoms with Crippen LogP contribution in [0.2, 0.25) is 0 Å². The third kappa shape index (κ3) is 4.46. The van der Waals surface area contributed by atoms with Crippen LogP contribution < -0.4 is 0 Å². The fourth-order valence-electron chi connectivity index (χ4n) is 5.17. The van der Waals surface area contributed by atoms with Gasteiger partial charge >= 0.3 is 6.03 Å². The lowest BCUT2D eigenvalue weighted by molar-refractivity contribution is -0.132. The largest absolute Gasteiger partial charge is 0.395 e. The maximum atomic E-state index is 13.9. The molecular formula is C26H34N4O4. The van der Waals surface area contributed by atoms with Gasteiger partial charge in [0.15, 0.2) is 5.54 Å². The zero-order valence-electron chi connectivity index (χ0n) is 19.7. The summed E-state index contributed by atoms with van der Waals surface area (Å²) in [6.07, 6.45) is -0.815. The summed E-state index contributed by atoms with van der Waals surface area (Å²) in [6.45, 7) is 6.54. The van der Waals surface area contributed by atoms with Crippen molar-refractivity contribution in [3.8, 4) is 0 Å². The molecule has 8 nitrogen and oxygen atoms in total. The van der Waals surface area contributed by atoms with Crippen molar-refractivity contribution in [3.05, 3.63) is 71.8 Å². The van der Waals surface area contributed by atoms with Crippen molar-refractivity contribution in [1.29, 1.82) is 0 Å². The second kappa shape index (κ2) is 10.7. The smallest absolute Gasteiger partial charge is 0.328 e. The Morgan fingerprint density at radius 2 is 1.38 bits per heavy atom. The summed E-state index contributed by atoms with van der Waals surface area (Å²) >= 11 is 0. The highest BCUT2D eigenvalue weighted by atomic mass is 16.3. The van der Waals surface area contributed by atoms with E-state index in [0.717, 1.165) is 26.2 Å². The molecule has 2 aliphatic heterocycles. The van der Waals surface area contributed by atoms with Crippen molar-refractivity contribution in [3.63, 3.8) is 0 Å². The number of amides is 3. The number of hydrogen-bond acceptors (Lipinski definition) is 6.